The van der Waals surface area contributed by atoms with Gasteiger partial charge in [-0.2, -0.15) is 0 Å². The molecular weight excluding hydrogens is 388 g/mol. The van der Waals surface area contributed by atoms with E-state index in [-0.39, 0.29) is 30.4 Å². The van der Waals surface area contributed by atoms with Crippen molar-refractivity contribution in [3.8, 4) is 0 Å². The number of nitro groups is 1. The second kappa shape index (κ2) is 9.37. The summed E-state index contributed by atoms with van der Waals surface area (Å²) in [5.41, 5.74) is 1.47. The van der Waals surface area contributed by atoms with Gasteiger partial charge in [0.15, 0.2) is 0 Å². The van der Waals surface area contributed by atoms with E-state index < -0.39 is 10.8 Å². The van der Waals surface area contributed by atoms with Crippen LogP contribution in [0.3, 0.4) is 0 Å². The monoisotopic (exact) mass is 408 g/mol. The molecule has 0 saturated carbocycles. The number of aryl methyl sites for hydroxylation is 1. The van der Waals surface area contributed by atoms with E-state index in [1.54, 1.807) is 49.4 Å². The highest BCUT2D eigenvalue weighted by Crippen LogP contribution is 2.25. The fraction of sp³-hybridized carbons (Fsp3) is 0.143. The minimum atomic E-state index is -0.547. The molecule has 2 aromatic carbocycles. The second-order valence-electron chi connectivity index (χ2n) is 6.49. The molecule has 3 aromatic rings. The fourth-order valence-corrected chi connectivity index (χ4v) is 2.78. The van der Waals surface area contributed by atoms with E-state index in [2.05, 4.69) is 16.0 Å². The van der Waals surface area contributed by atoms with E-state index in [1.807, 2.05) is 0 Å². The van der Waals surface area contributed by atoms with Crippen molar-refractivity contribution < 1.29 is 18.9 Å². The number of amides is 2. The first kappa shape index (κ1) is 20.6. The van der Waals surface area contributed by atoms with Crippen molar-refractivity contribution in [2.24, 2.45) is 0 Å². The Balaban J connectivity index is 1.63. The summed E-state index contributed by atoms with van der Waals surface area (Å²) in [6.07, 6.45) is 1.52. The zero-order chi connectivity index (χ0) is 21.5. The van der Waals surface area contributed by atoms with Crippen molar-refractivity contribution in [2.75, 3.05) is 17.2 Å². The van der Waals surface area contributed by atoms with Gasteiger partial charge in [0.25, 0.3) is 11.6 Å². The molecule has 0 aliphatic heterocycles. The Bertz CT molecular complexity index is 1060. The highest BCUT2D eigenvalue weighted by atomic mass is 16.6. The lowest BCUT2D eigenvalue weighted by Crippen LogP contribution is -2.26. The van der Waals surface area contributed by atoms with E-state index in [0.717, 1.165) is 0 Å². The summed E-state index contributed by atoms with van der Waals surface area (Å²) >= 11 is 0. The van der Waals surface area contributed by atoms with Gasteiger partial charge in [-0.3, -0.25) is 19.7 Å². The smallest absolute Gasteiger partial charge is 0.293 e. The predicted octanol–water partition coefficient (Wildman–Crippen LogP) is 3.48. The first-order valence-corrected chi connectivity index (χ1v) is 9.12. The number of carbonyl (C=O) groups is 2. The molecule has 2 amide bonds. The Labute approximate surface area is 172 Å². The van der Waals surface area contributed by atoms with Crippen LogP contribution < -0.4 is 16.0 Å². The first-order valence-electron chi connectivity index (χ1n) is 9.12. The Kier molecular flexibility index (Phi) is 6.43. The van der Waals surface area contributed by atoms with Crippen LogP contribution in [0.15, 0.2) is 65.3 Å². The SMILES string of the molecule is Cc1ccc(NC(=O)CNc2ccccc2C(=O)NCc2ccco2)c([N+](=O)[O-])c1. The van der Waals surface area contributed by atoms with Crippen LogP contribution in [0.5, 0.6) is 0 Å². The van der Waals surface area contributed by atoms with Crippen molar-refractivity contribution in [3.05, 3.63) is 87.9 Å². The van der Waals surface area contributed by atoms with Crippen LogP contribution in [0.2, 0.25) is 0 Å². The summed E-state index contributed by atoms with van der Waals surface area (Å²) in [6, 6.07) is 14.8. The van der Waals surface area contributed by atoms with Crippen LogP contribution in [0.4, 0.5) is 17.1 Å². The molecule has 0 saturated heterocycles. The topological polar surface area (TPSA) is 127 Å². The Morgan fingerprint density at radius 3 is 2.60 bits per heavy atom. The van der Waals surface area contributed by atoms with Crippen LogP contribution in [-0.4, -0.2) is 23.3 Å². The van der Waals surface area contributed by atoms with E-state index in [4.69, 9.17) is 4.42 Å². The largest absolute Gasteiger partial charge is 0.467 e. The summed E-state index contributed by atoms with van der Waals surface area (Å²) < 4.78 is 5.19. The number of carbonyl (C=O) groups excluding carboxylic acids is 2. The summed E-state index contributed by atoms with van der Waals surface area (Å²) in [4.78, 5) is 35.4. The van der Waals surface area contributed by atoms with Crippen LogP contribution in [-0.2, 0) is 11.3 Å². The van der Waals surface area contributed by atoms with Gasteiger partial charge in [0.2, 0.25) is 5.91 Å². The van der Waals surface area contributed by atoms with Gasteiger partial charge in [0, 0.05) is 11.8 Å². The Morgan fingerprint density at radius 2 is 1.87 bits per heavy atom. The maximum atomic E-state index is 12.5. The van der Waals surface area contributed by atoms with Crippen LogP contribution >= 0.6 is 0 Å². The minimum Gasteiger partial charge on any atom is -0.467 e. The van der Waals surface area contributed by atoms with Gasteiger partial charge in [0.05, 0.1) is 29.8 Å². The molecule has 1 heterocycles. The first-order chi connectivity index (χ1) is 14.4. The third-order valence-electron chi connectivity index (χ3n) is 4.24. The van der Waals surface area contributed by atoms with Gasteiger partial charge in [-0.1, -0.05) is 18.2 Å². The maximum absolute atomic E-state index is 12.5. The zero-order valence-corrected chi connectivity index (χ0v) is 16.2. The van der Waals surface area contributed by atoms with Crippen molar-refractivity contribution >= 4 is 28.9 Å². The van der Waals surface area contributed by atoms with Gasteiger partial charge in [0.1, 0.15) is 11.4 Å². The quantitative estimate of drug-likeness (QED) is 0.387. The number of nitrogens with one attached hydrogen (secondary N) is 3. The average molecular weight is 408 g/mol. The zero-order valence-electron chi connectivity index (χ0n) is 16.2. The highest BCUT2D eigenvalue weighted by Gasteiger charge is 2.17. The lowest BCUT2D eigenvalue weighted by molar-refractivity contribution is -0.384. The van der Waals surface area contributed by atoms with Crippen LogP contribution in [0.1, 0.15) is 21.7 Å². The molecule has 9 nitrogen and oxygen atoms in total. The van der Waals surface area contributed by atoms with Crippen LogP contribution in [0, 0.1) is 17.0 Å². The highest BCUT2D eigenvalue weighted by molar-refractivity contribution is 6.01. The molecule has 1 aromatic heterocycles. The van der Waals surface area contributed by atoms with Gasteiger partial charge in [-0.05, 0) is 42.8 Å². The number of benzene rings is 2. The summed E-state index contributed by atoms with van der Waals surface area (Å²) in [6.45, 7) is 1.79. The molecule has 0 atom stereocenters. The lowest BCUT2D eigenvalue weighted by Gasteiger charge is -2.12. The molecule has 30 heavy (non-hydrogen) atoms. The Hall–Kier alpha value is -4.14. The van der Waals surface area contributed by atoms with E-state index >= 15 is 0 Å². The van der Waals surface area contributed by atoms with Gasteiger partial charge >= 0.3 is 0 Å². The second-order valence-corrected chi connectivity index (χ2v) is 6.49. The van der Waals surface area contributed by atoms with E-state index in [0.29, 0.717) is 22.6 Å². The molecule has 0 fully saturated rings. The Morgan fingerprint density at radius 1 is 1.07 bits per heavy atom. The number of nitrogens with zero attached hydrogens (tertiary/aromatic N) is 1. The van der Waals surface area contributed by atoms with E-state index in [1.165, 1.54) is 18.4 Å². The molecule has 3 N–H and O–H groups in total. The van der Waals surface area contributed by atoms with Crippen molar-refractivity contribution in [2.45, 2.75) is 13.5 Å². The number of para-hydroxylation sites is 1. The van der Waals surface area contributed by atoms with Crippen molar-refractivity contribution in [1.29, 1.82) is 0 Å². The molecule has 9 heteroatoms. The van der Waals surface area contributed by atoms with Crippen molar-refractivity contribution in [3.63, 3.8) is 0 Å². The maximum Gasteiger partial charge on any atom is 0.293 e. The lowest BCUT2D eigenvalue weighted by atomic mass is 10.1. The number of nitro benzene ring substituents is 1. The number of furan rings is 1. The van der Waals surface area contributed by atoms with Gasteiger partial charge in [-0.25, -0.2) is 0 Å². The molecule has 0 unspecified atom stereocenters. The number of hydrogen-bond donors (Lipinski definition) is 3. The van der Waals surface area contributed by atoms with Gasteiger partial charge < -0.3 is 20.4 Å². The van der Waals surface area contributed by atoms with Gasteiger partial charge in [-0.15, -0.1) is 0 Å². The standard InChI is InChI=1S/C21H20N4O5/c1-14-8-9-18(19(11-14)25(28)29)24-20(26)13-22-17-7-3-2-6-16(17)21(27)23-12-15-5-4-10-30-15/h2-11,22H,12-13H2,1H3,(H,23,27)(H,24,26). The molecule has 0 aliphatic rings. The number of hydrogen-bond acceptors (Lipinski definition) is 6. The molecular formula is C21H20N4O5. The molecule has 0 spiro atoms. The summed E-state index contributed by atoms with van der Waals surface area (Å²) in [5, 5.41) is 19.4. The number of rotatable bonds is 8. The fourth-order valence-electron chi connectivity index (χ4n) is 2.78. The third kappa shape index (κ3) is 5.22. The third-order valence-corrected chi connectivity index (χ3v) is 4.24. The van der Waals surface area contributed by atoms with E-state index in [9.17, 15) is 19.7 Å². The van der Waals surface area contributed by atoms with Crippen LogP contribution in [0.25, 0.3) is 0 Å². The van der Waals surface area contributed by atoms with Crippen molar-refractivity contribution in [1.82, 2.24) is 5.32 Å². The minimum absolute atomic E-state index is 0.113. The number of anilines is 2. The predicted molar refractivity (Wildman–Crippen MR) is 111 cm³/mol. The molecule has 3 rings (SSSR count). The molecule has 0 bridgehead atoms. The average Bonchev–Trinajstić information content (AvgIpc) is 3.25. The molecule has 0 aliphatic carbocycles. The normalized spacial score (nSPS) is 10.3. The summed E-state index contributed by atoms with van der Waals surface area (Å²) in [5.74, 6) is -0.190. The molecule has 154 valence electrons. The molecule has 0 radical (unpaired) electrons. The summed E-state index contributed by atoms with van der Waals surface area (Å²) in [7, 11) is 0.